The predicted molar refractivity (Wildman–Crippen MR) is 25.0 cm³/mol. The first kappa shape index (κ1) is 11.3. The molecule has 0 aromatic heterocycles. The molecule has 0 aliphatic carbocycles. The fraction of sp³-hybridized carbons (Fsp3) is 0. The van der Waals surface area contributed by atoms with Crippen molar-refractivity contribution in [2.75, 3.05) is 0 Å². The van der Waals surface area contributed by atoms with Crippen molar-refractivity contribution < 1.29 is 26.9 Å². The molecule has 4 N–H and O–H groups in total. The molecule has 50 valence electrons. The number of halogens is 1. The summed E-state index contributed by atoms with van der Waals surface area (Å²) in [6.07, 6.45) is 0. The summed E-state index contributed by atoms with van der Waals surface area (Å²) in [5.74, 6) is 0. The molecule has 0 aliphatic heterocycles. The average Bonchev–Trinajstić information content (AvgIpc) is 1.30. The number of phosphoric acid groups is 1. The van der Waals surface area contributed by atoms with Gasteiger partial charge in [-0.25, -0.2) is 4.57 Å². The SMILES string of the molecule is O.O=P(O)(O)[O][AlH][F]. The Kier molecular flexibility index (Phi) is 6.26. The second-order valence-electron chi connectivity index (χ2n) is 0.729. The maximum atomic E-state index is 10.9. The smallest absolute Gasteiger partial charge is 0.412 e. The summed E-state index contributed by atoms with van der Waals surface area (Å²) in [5, 5.41) is 0. The van der Waals surface area contributed by atoms with Crippen molar-refractivity contribution in [2.24, 2.45) is 0 Å². The molecule has 0 saturated heterocycles. The standard InChI is InChI=1S/Al.FH.H3O4P.H2O.H/c;;1-5(2,3)4;;/h;1H;(H3,1,2,3,4);1H2;/q+2;;;;/p-2. The molecule has 0 fully saturated rings. The van der Waals surface area contributed by atoms with Crippen molar-refractivity contribution in [2.45, 2.75) is 0 Å². The number of hydrogen-bond acceptors (Lipinski definition) is 2. The van der Waals surface area contributed by atoms with Crippen molar-refractivity contribution in [1.82, 2.24) is 0 Å². The van der Waals surface area contributed by atoms with E-state index < -0.39 is 23.8 Å². The highest BCUT2D eigenvalue weighted by Gasteiger charge is 2.13. The van der Waals surface area contributed by atoms with E-state index in [4.69, 9.17) is 9.79 Å². The molecule has 0 bridgehead atoms. The molecule has 0 rings (SSSR count). The minimum absolute atomic E-state index is 0. The summed E-state index contributed by atoms with van der Waals surface area (Å²) in [4.78, 5) is 15.4. The van der Waals surface area contributed by atoms with Crippen LogP contribution in [0.2, 0.25) is 0 Å². The molecule has 0 unspecified atom stereocenters. The van der Waals surface area contributed by atoms with Gasteiger partial charge in [0.05, 0.1) is 0 Å². The van der Waals surface area contributed by atoms with Crippen LogP contribution in [-0.2, 0) is 8.14 Å². The fourth-order valence-corrected chi connectivity index (χ4v) is 0.572. The highest BCUT2D eigenvalue weighted by Crippen LogP contribution is 2.34. The Labute approximate surface area is 51.5 Å². The number of rotatable bonds is 2. The van der Waals surface area contributed by atoms with Gasteiger partial charge in [-0.1, -0.05) is 0 Å². The van der Waals surface area contributed by atoms with Gasteiger partial charge in [0.25, 0.3) is 0 Å². The van der Waals surface area contributed by atoms with E-state index in [1.165, 1.54) is 0 Å². The number of hydrogen-bond donors (Lipinski definition) is 2. The van der Waals surface area contributed by atoms with E-state index in [1.807, 2.05) is 0 Å². The molecule has 0 radical (unpaired) electrons. The first-order valence-electron chi connectivity index (χ1n) is 1.32. The van der Waals surface area contributed by atoms with Crippen LogP contribution >= 0.6 is 7.82 Å². The molecule has 0 aromatic rings. The third-order valence-electron chi connectivity index (χ3n) is 0.217. The van der Waals surface area contributed by atoms with Crippen LogP contribution in [0.5, 0.6) is 0 Å². The maximum absolute atomic E-state index is 10.9. The quantitative estimate of drug-likeness (QED) is 0.381. The van der Waals surface area contributed by atoms with Gasteiger partial charge < -0.3 is 22.4 Å². The first-order valence-corrected chi connectivity index (χ1v) is 3.96. The molecular formula is H5AlFO5P. The normalized spacial score (nSPS) is 9.88. The molecule has 0 spiro atoms. The molecule has 8 heteroatoms. The van der Waals surface area contributed by atoms with Crippen molar-refractivity contribution in [3.8, 4) is 0 Å². The lowest BCUT2D eigenvalue weighted by Crippen LogP contribution is -1.87. The van der Waals surface area contributed by atoms with Crippen LogP contribution in [0.3, 0.4) is 0 Å². The van der Waals surface area contributed by atoms with E-state index in [1.54, 1.807) is 0 Å². The van der Waals surface area contributed by atoms with Crippen molar-refractivity contribution >= 4 is 23.8 Å². The lowest BCUT2D eigenvalue weighted by atomic mass is 15.7. The van der Waals surface area contributed by atoms with E-state index in [-0.39, 0.29) is 5.48 Å². The molecule has 0 amide bonds. The van der Waals surface area contributed by atoms with Crippen molar-refractivity contribution in [1.29, 1.82) is 0 Å². The van der Waals surface area contributed by atoms with Gasteiger partial charge in [-0.3, -0.25) is 0 Å². The molecule has 0 heterocycles. The van der Waals surface area contributed by atoms with Gasteiger partial charge in [-0.15, -0.1) is 0 Å². The van der Waals surface area contributed by atoms with E-state index in [9.17, 15) is 8.09 Å². The Balaban J connectivity index is 0. The Hall–Kier alpha value is 0.532. The van der Waals surface area contributed by atoms with Crippen molar-refractivity contribution in [3.63, 3.8) is 0 Å². The Morgan fingerprint density at radius 1 is 1.62 bits per heavy atom. The molecular weight excluding hydrogens is 157 g/mol. The van der Waals surface area contributed by atoms with Gasteiger partial charge in [0.1, 0.15) is 0 Å². The summed E-state index contributed by atoms with van der Waals surface area (Å²) >= 11 is -2.45. The Bertz CT molecular complexity index is 86.4. The summed E-state index contributed by atoms with van der Waals surface area (Å²) in [6.45, 7) is 0. The van der Waals surface area contributed by atoms with Crippen LogP contribution in [-0.4, -0.2) is 31.3 Å². The molecule has 5 nitrogen and oxygen atoms in total. The minimum Gasteiger partial charge on any atom is -0.412 e. The van der Waals surface area contributed by atoms with Gasteiger partial charge in [-0.05, 0) is 0 Å². The molecule has 0 atom stereocenters. The zero-order valence-corrected chi connectivity index (χ0v) is 6.05. The minimum atomic E-state index is -4.48. The van der Waals surface area contributed by atoms with Crippen LogP contribution in [0.1, 0.15) is 0 Å². The largest absolute Gasteiger partial charge is 0.699 e. The van der Waals surface area contributed by atoms with Gasteiger partial charge in [0, 0.05) is 0 Å². The second-order valence-corrected chi connectivity index (χ2v) is 2.96. The molecule has 0 aliphatic rings. The van der Waals surface area contributed by atoms with Gasteiger partial charge in [0.2, 0.25) is 0 Å². The third-order valence-corrected chi connectivity index (χ3v) is 1.95. The monoisotopic (exact) mass is 162 g/mol. The summed E-state index contributed by atoms with van der Waals surface area (Å²) in [5.41, 5.74) is 0. The molecule has 0 saturated carbocycles. The topological polar surface area (TPSA) is 98.3 Å². The molecule has 8 heavy (non-hydrogen) atoms. The van der Waals surface area contributed by atoms with E-state index in [0.29, 0.717) is 0 Å². The third kappa shape index (κ3) is 9.73. The van der Waals surface area contributed by atoms with Crippen molar-refractivity contribution in [3.05, 3.63) is 0 Å². The summed E-state index contributed by atoms with van der Waals surface area (Å²) in [6, 6.07) is 0. The Morgan fingerprint density at radius 2 is 2.00 bits per heavy atom. The maximum Gasteiger partial charge on any atom is 0.699 e. The highest BCUT2D eigenvalue weighted by atomic mass is 31.2. The summed E-state index contributed by atoms with van der Waals surface area (Å²) in [7, 11) is -4.48. The zero-order valence-electron chi connectivity index (χ0n) is 3.74. The highest BCUT2D eigenvalue weighted by molar-refractivity contribution is 7.47. The summed E-state index contributed by atoms with van der Waals surface area (Å²) < 4.78 is 23.8. The van der Waals surface area contributed by atoms with Crippen LogP contribution < -0.4 is 0 Å². The van der Waals surface area contributed by atoms with Crippen LogP contribution in [0.15, 0.2) is 0 Å². The first-order chi connectivity index (χ1) is 3.06. The average molecular weight is 162 g/mol. The fourth-order valence-electron chi connectivity index (χ4n) is 0.0636. The van der Waals surface area contributed by atoms with E-state index >= 15 is 0 Å². The van der Waals surface area contributed by atoms with Gasteiger partial charge in [-0.2, -0.15) is 0 Å². The Morgan fingerprint density at radius 3 is 2.00 bits per heavy atom. The van der Waals surface area contributed by atoms with Gasteiger partial charge in [0.15, 0.2) is 0 Å². The predicted octanol–water partition coefficient (Wildman–Crippen LogP) is -1.49. The zero-order chi connectivity index (χ0) is 5.91. The van der Waals surface area contributed by atoms with E-state index in [0.717, 1.165) is 0 Å². The molecule has 0 aromatic carbocycles. The van der Waals surface area contributed by atoms with Crippen LogP contribution in [0, 0.1) is 0 Å². The van der Waals surface area contributed by atoms with Crippen LogP contribution in [0.4, 0.5) is 3.52 Å². The van der Waals surface area contributed by atoms with Crippen LogP contribution in [0.25, 0.3) is 0 Å². The van der Waals surface area contributed by atoms with Gasteiger partial charge >= 0.3 is 23.8 Å². The lowest BCUT2D eigenvalue weighted by molar-refractivity contribution is 0.281. The second kappa shape index (κ2) is 4.42. The van der Waals surface area contributed by atoms with E-state index in [2.05, 4.69) is 3.58 Å². The lowest BCUT2D eigenvalue weighted by Gasteiger charge is -1.97.